The Kier molecular flexibility index (Phi) is 4.39. The number of alkyl halides is 1. The third-order valence-electron chi connectivity index (χ3n) is 3.77. The summed E-state index contributed by atoms with van der Waals surface area (Å²) in [5.74, 6) is 0.585. The summed E-state index contributed by atoms with van der Waals surface area (Å²) < 4.78 is 11.0. The van der Waals surface area contributed by atoms with Gasteiger partial charge in [-0.25, -0.2) is 0 Å². The smallest absolute Gasteiger partial charge is 0.324 e. The largest absolute Gasteiger partial charge is 0.496 e. The number of hydrogen-bond acceptors (Lipinski definition) is 3. The molecule has 2 rings (SSSR count). The quantitative estimate of drug-likeness (QED) is 0.588. The van der Waals surface area contributed by atoms with Crippen LogP contribution in [0.4, 0.5) is 0 Å². The van der Waals surface area contributed by atoms with Gasteiger partial charge in [0.15, 0.2) is 0 Å². The molecular weight excluding hydrogens is 332 g/mol. The molecule has 1 unspecified atom stereocenters. The Hall–Kier alpha value is -1.03. The fourth-order valence-corrected chi connectivity index (χ4v) is 2.97. The van der Waals surface area contributed by atoms with Crippen LogP contribution >= 0.6 is 15.9 Å². The average molecular weight is 355 g/mol. The summed E-state index contributed by atoms with van der Waals surface area (Å²) in [6.07, 6.45) is 2.24. The number of halogens is 1. The standard InChI is InChI=1S/C17H23BrO3/c1-16(2,3)21-15(19)14(18)11-7-6-8-12(20-5)13(11)17(4)9-10-17/h6-8,14H,9-10H2,1-5H3. The van der Waals surface area contributed by atoms with Gasteiger partial charge in [-0.3, -0.25) is 4.79 Å². The lowest BCUT2D eigenvalue weighted by atomic mass is 9.90. The molecule has 21 heavy (non-hydrogen) atoms. The van der Waals surface area contributed by atoms with Crippen molar-refractivity contribution in [3.05, 3.63) is 29.3 Å². The Morgan fingerprint density at radius 1 is 1.33 bits per heavy atom. The number of ether oxygens (including phenoxy) is 2. The van der Waals surface area contributed by atoms with Crippen LogP contribution in [-0.2, 0) is 14.9 Å². The molecule has 1 aromatic rings. The van der Waals surface area contributed by atoms with E-state index in [0.29, 0.717) is 0 Å². The lowest BCUT2D eigenvalue weighted by Gasteiger charge is -2.25. The second-order valence-electron chi connectivity index (χ2n) is 6.88. The number of hydrogen-bond donors (Lipinski definition) is 0. The van der Waals surface area contributed by atoms with Gasteiger partial charge < -0.3 is 9.47 Å². The molecule has 1 atom stereocenters. The van der Waals surface area contributed by atoms with Crippen molar-refractivity contribution < 1.29 is 14.3 Å². The van der Waals surface area contributed by atoms with Crippen LogP contribution in [0.5, 0.6) is 5.75 Å². The van der Waals surface area contributed by atoms with E-state index in [9.17, 15) is 4.79 Å². The van der Waals surface area contributed by atoms with E-state index < -0.39 is 10.4 Å². The first-order valence-electron chi connectivity index (χ1n) is 7.22. The molecule has 0 heterocycles. The maximum absolute atomic E-state index is 12.3. The number of carbonyl (C=O) groups is 1. The minimum Gasteiger partial charge on any atom is -0.496 e. The van der Waals surface area contributed by atoms with Crippen LogP contribution in [0.1, 0.15) is 56.5 Å². The molecule has 3 nitrogen and oxygen atoms in total. The first kappa shape index (κ1) is 16.3. The van der Waals surface area contributed by atoms with Gasteiger partial charge in [0.1, 0.15) is 16.2 Å². The molecule has 0 bridgehead atoms. The Morgan fingerprint density at radius 2 is 1.95 bits per heavy atom. The van der Waals surface area contributed by atoms with Gasteiger partial charge in [-0.2, -0.15) is 0 Å². The van der Waals surface area contributed by atoms with Gasteiger partial charge >= 0.3 is 5.97 Å². The third kappa shape index (κ3) is 3.60. The van der Waals surface area contributed by atoms with Crippen molar-refractivity contribution in [2.45, 2.75) is 56.4 Å². The highest BCUT2D eigenvalue weighted by atomic mass is 79.9. The van der Waals surface area contributed by atoms with Gasteiger partial charge in [-0.15, -0.1) is 0 Å². The average Bonchev–Trinajstić information content (AvgIpc) is 3.14. The van der Waals surface area contributed by atoms with Gasteiger partial charge in [0.2, 0.25) is 0 Å². The molecular formula is C17H23BrO3. The molecule has 0 spiro atoms. The van der Waals surface area contributed by atoms with E-state index in [0.717, 1.165) is 29.7 Å². The Labute approximate surface area is 135 Å². The van der Waals surface area contributed by atoms with Gasteiger partial charge in [0, 0.05) is 5.56 Å². The van der Waals surface area contributed by atoms with Crippen LogP contribution in [-0.4, -0.2) is 18.7 Å². The van der Waals surface area contributed by atoms with Crippen molar-refractivity contribution in [2.24, 2.45) is 0 Å². The molecule has 0 aliphatic heterocycles. The van der Waals surface area contributed by atoms with Crippen molar-refractivity contribution in [2.75, 3.05) is 7.11 Å². The summed E-state index contributed by atoms with van der Waals surface area (Å²) in [6.45, 7) is 7.83. The number of methoxy groups -OCH3 is 1. The normalized spacial score (nSPS) is 18.0. The second-order valence-corrected chi connectivity index (χ2v) is 7.80. The van der Waals surface area contributed by atoms with Crippen molar-refractivity contribution in [3.63, 3.8) is 0 Å². The van der Waals surface area contributed by atoms with E-state index >= 15 is 0 Å². The van der Waals surface area contributed by atoms with Gasteiger partial charge in [-0.1, -0.05) is 35.0 Å². The summed E-state index contributed by atoms with van der Waals surface area (Å²) in [4.78, 5) is 11.9. The van der Waals surface area contributed by atoms with Crippen molar-refractivity contribution >= 4 is 21.9 Å². The molecule has 4 heteroatoms. The Balaban J connectivity index is 2.37. The van der Waals surface area contributed by atoms with Crippen LogP contribution in [0.25, 0.3) is 0 Å². The summed E-state index contributed by atoms with van der Waals surface area (Å²) in [5.41, 5.74) is 1.69. The van der Waals surface area contributed by atoms with E-state index in [4.69, 9.17) is 9.47 Å². The molecule has 0 radical (unpaired) electrons. The molecule has 116 valence electrons. The predicted molar refractivity (Wildman–Crippen MR) is 87.1 cm³/mol. The van der Waals surface area contributed by atoms with E-state index in [-0.39, 0.29) is 11.4 Å². The van der Waals surface area contributed by atoms with Crippen molar-refractivity contribution in [3.8, 4) is 5.75 Å². The van der Waals surface area contributed by atoms with Crippen LogP contribution < -0.4 is 4.74 Å². The minimum absolute atomic E-state index is 0.107. The molecule has 1 fully saturated rings. The molecule has 1 aromatic carbocycles. The maximum Gasteiger partial charge on any atom is 0.324 e. The SMILES string of the molecule is COc1cccc(C(Br)C(=O)OC(C)(C)C)c1C1(C)CC1. The summed E-state index contributed by atoms with van der Waals surface area (Å²) in [6, 6.07) is 5.85. The van der Waals surface area contributed by atoms with Gasteiger partial charge in [0.25, 0.3) is 0 Å². The first-order valence-corrected chi connectivity index (χ1v) is 8.14. The highest BCUT2D eigenvalue weighted by Gasteiger charge is 2.44. The van der Waals surface area contributed by atoms with E-state index in [1.54, 1.807) is 7.11 Å². The molecule has 0 saturated heterocycles. The molecule has 1 aliphatic carbocycles. The zero-order chi connectivity index (χ0) is 15.8. The van der Waals surface area contributed by atoms with Gasteiger partial charge in [-0.05, 0) is 50.7 Å². The number of rotatable bonds is 4. The van der Waals surface area contributed by atoms with Crippen molar-refractivity contribution in [1.29, 1.82) is 0 Å². The fraction of sp³-hybridized carbons (Fsp3) is 0.588. The molecule has 0 N–H and O–H groups in total. The maximum atomic E-state index is 12.3. The molecule has 1 aliphatic rings. The zero-order valence-corrected chi connectivity index (χ0v) is 14.9. The summed E-state index contributed by atoms with van der Waals surface area (Å²) in [5, 5.41) is 0. The van der Waals surface area contributed by atoms with E-state index in [1.807, 2.05) is 39.0 Å². The van der Waals surface area contributed by atoms with Crippen LogP contribution in [0, 0.1) is 0 Å². The number of carbonyl (C=O) groups excluding carboxylic acids is 1. The second kappa shape index (κ2) is 5.64. The van der Waals surface area contributed by atoms with E-state index in [1.165, 1.54) is 0 Å². The Morgan fingerprint density at radius 3 is 2.43 bits per heavy atom. The number of esters is 1. The minimum atomic E-state index is -0.494. The molecule has 0 amide bonds. The third-order valence-corrected chi connectivity index (χ3v) is 4.64. The topological polar surface area (TPSA) is 35.5 Å². The van der Waals surface area contributed by atoms with Crippen molar-refractivity contribution in [1.82, 2.24) is 0 Å². The summed E-state index contributed by atoms with van der Waals surface area (Å²) >= 11 is 3.51. The predicted octanol–water partition coefficient (Wildman–Crippen LogP) is 4.52. The zero-order valence-electron chi connectivity index (χ0n) is 13.3. The lowest BCUT2D eigenvalue weighted by Crippen LogP contribution is -2.26. The highest BCUT2D eigenvalue weighted by Crippen LogP contribution is 2.53. The summed E-state index contributed by atoms with van der Waals surface area (Å²) in [7, 11) is 1.67. The first-order chi connectivity index (χ1) is 9.68. The Bertz CT molecular complexity index is 541. The van der Waals surface area contributed by atoms with E-state index in [2.05, 4.69) is 22.9 Å². The lowest BCUT2D eigenvalue weighted by molar-refractivity contribution is -0.154. The highest BCUT2D eigenvalue weighted by molar-refractivity contribution is 9.09. The molecule has 1 saturated carbocycles. The monoisotopic (exact) mass is 354 g/mol. The molecule has 0 aromatic heterocycles. The van der Waals surface area contributed by atoms with Crippen LogP contribution in [0.15, 0.2) is 18.2 Å². The van der Waals surface area contributed by atoms with Crippen LogP contribution in [0.2, 0.25) is 0 Å². The van der Waals surface area contributed by atoms with Gasteiger partial charge in [0.05, 0.1) is 7.11 Å². The number of benzene rings is 1. The fourth-order valence-electron chi connectivity index (χ4n) is 2.49. The van der Waals surface area contributed by atoms with Crippen LogP contribution in [0.3, 0.4) is 0 Å².